The molecular weight excluding hydrogens is 285 g/mol. The molecule has 0 radical (unpaired) electrons. The van der Waals surface area contributed by atoms with Gasteiger partial charge in [-0.1, -0.05) is 6.92 Å². The van der Waals surface area contributed by atoms with Crippen molar-refractivity contribution in [1.82, 2.24) is 14.9 Å². The number of amides is 1. The SMILES string of the molecule is CCC(Oc1ccc(F)cc1)C(=O)NCCCn1ccnc1. The normalized spacial score (nSPS) is 11.9. The number of hydrogen-bond acceptors (Lipinski definition) is 3. The van der Waals surface area contributed by atoms with Crippen molar-refractivity contribution in [1.29, 1.82) is 0 Å². The second-order valence-electron chi connectivity index (χ2n) is 4.91. The number of aromatic nitrogens is 2. The molecule has 1 unspecified atom stereocenters. The number of carbonyl (C=O) groups is 1. The number of nitrogens with zero attached hydrogens (tertiary/aromatic N) is 2. The maximum absolute atomic E-state index is 12.8. The number of benzene rings is 1. The Morgan fingerprint density at radius 3 is 2.82 bits per heavy atom. The van der Waals surface area contributed by atoms with Gasteiger partial charge in [-0.2, -0.15) is 0 Å². The van der Waals surface area contributed by atoms with Gasteiger partial charge in [0.2, 0.25) is 0 Å². The van der Waals surface area contributed by atoms with Crippen LogP contribution in [-0.2, 0) is 11.3 Å². The van der Waals surface area contributed by atoms with Crippen molar-refractivity contribution in [2.75, 3.05) is 6.54 Å². The van der Waals surface area contributed by atoms with Gasteiger partial charge in [0.15, 0.2) is 6.10 Å². The molecule has 0 aliphatic carbocycles. The van der Waals surface area contributed by atoms with Crippen molar-refractivity contribution in [3.8, 4) is 5.75 Å². The van der Waals surface area contributed by atoms with E-state index in [9.17, 15) is 9.18 Å². The maximum Gasteiger partial charge on any atom is 0.261 e. The molecule has 0 fully saturated rings. The zero-order valence-electron chi connectivity index (χ0n) is 12.5. The van der Waals surface area contributed by atoms with Gasteiger partial charge in [-0.05, 0) is 37.1 Å². The molecule has 2 rings (SSSR count). The monoisotopic (exact) mass is 305 g/mol. The molecule has 1 N–H and O–H groups in total. The molecule has 0 aliphatic heterocycles. The Morgan fingerprint density at radius 1 is 1.41 bits per heavy atom. The van der Waals surface area contributed by atoms with Crippen LogP contribution in [0.1, 0.15) is 19.8 Å². The van der Waals surface area contributed by atoms with Crippen LogP contribution in [0.25, 0.3) is 0 Å². The lowest BCUT2D eigenvalue weighted by atomic mass is 10.2. The maximum atomic E-state index is 12.8. The Hall–Kier alpha value is -2.37. The van der Waals surface area contributed by atoms with Gasteiger partial charge in [0, 0.05) is 25.5 Å². The molecule has 6 heteroatoms. The zero-order valence-corrected chi connectivity index (χ0v) is 12.5. The highest BCUT2D eigenvalue weighted by atomic mass is 19.1. The van der Waals surface area contributed by atoms with Crippen LogP contribution in [0.2, 0.25) is 0 Å². The molecule has 0 saturated heterocycles. The molecular formula is C16H20FN3O2. The number of rotatable bonds is 8. The molecule has 0 spiro atoms. The summed E-state index contributed by atoms with van der Waals surface area (Å²) >= 11 is 0. The lowest BCUT2D eigenvalue weighted by Gasteiger charge is -2.17. The van der Waals surface area contributed by atoms with Crippen molar-refractivity contribution in [3.63, 3.8) is 0 Å². The number of aryl methyl sites for hydroxylation is 1. The van der Waals surface area contributed by atoms with Gasteiger partial charge in [0.05, 0.1) is 6.33 Å². The number of halogens is 1. The van der Waals surface area contributed by atoms with E-state index in [1.165, 1.54) is 24.3 Å². The second kappa shape index (κ2) is 8.17. The van der Waals surface area contributed by atoms with Crippen LogP contribution in [0.15, 0.2) is 43.0 Å². The lowest BCUT2D eigenvalue weighted by molar-refractivity contribution is -0.128. The van der Waals surface area contributed by atoms with Crippen LogP contribution in [0.4, 0.5) is 4.39 Å². The first kappa shape index (κ1) is 16.0. The van der Waals surface area contributed by atoms with Gasteiger partial charge >= 0.3 is 0 Å². The highest BCUT2D eigenvalue weighted by molar-refractivity contribution is 5.81. The van der Waals surface area contributed by atoms with Gasteiger partial charge in [0.1, 0.15) is 11.6 Å². The fraction of sp³-hybridized carbons (Fsp3) is 0.375. The fourth-order valence-corrected chi connectivity index (χ4v) is 2.01. The predicted molar refractivity (Wildman–Crippen MR) is 81.0 cm³/mol. The average molecular weight is 305 g/mol. The summed E-state index contributed by atoms with van der Waals surface area (Å²) in [4.78, 5) is 16.0. The third-order valence-corrected chi connectivity index (χ3v) is 3.21. The minimum Gasteiger partial charge on any atom is -0.481 e. The third-order valence-electron chi connectivity index (χ3n) is 3.21. The van der Waals surface area contributed by atoms with Crippen LogP contribution in [0.3, 0.4) is 0 Å². The summed E-state index contributed by atoms with van der Waals surface area (Å²) in [6, 6.07) is 5.66. The molecule has 2 aromatic rings. The molecule has 1 amide bonds. The Balaban J connectivity index is 1.75. The van der Waals surface area contributed by atoms with E-state index in [-0.39, 0.29) is 11.7 Å². The Kier molecular flexibility index (Phi) is 5.94. The van der Waals surface area contributed by atoms with Gasteiger partial charge in [-0.25, -0.2) is 9.37 Å². The number of carbonyl (C=O) groups excluding carboxylic acids is 1. The molecule has 22 heavy (non-hydrogen) atoms. The first-order chi connectivity index (χ1) is 10.7. The summed E-state index contributed by atoms with van der Waals surface area (Å²) in [5.74, 6) is 0.00335. The standard InChI is InChI=1S/C16H20FN3O2/c1-2-15(22-14-6-4-13(17)5-7-14)16(21)19-8-3-10-20-11-9-18-12-20/h4-7,9,11-12,15H,2-3,8,10H2,1H3,(H,19,21). The van der Waals surface area contributed by atoms with Crippen molar-refractivity contribution in [2.24, 2.45) is 0 Å². The number of ether oxygens (including phenoxy) is 1. The Morgan fingerprint density at radius 2 is 2.18 bits per heavy atom. The van der Waals surface area contributed by atoms with Crippen molar-refractivity contribution < 1.29 is 13.9 Å². The minimum absolute atomic E-state index is 0.155. The van der Waals surface area contributed by atoms with Gasteiger partial charge in [0.25, 0.3) is 5.91 Å². The quantitative estimate of drug-likeness (QED) is 0.762. The lowest BCUT2D eigenvalue weighted by Crippen LogP contribution is -2.38. The van der Waals surface area contributed by atoms with Crippen LogP contribution in [0, 0.1) is 5.82 Å². The molecule has 1 aromatic carbocycles. The summed E-state index contributed by atoms with van der Waals surface area (Å²) in [6.07, 6.45) is 6.14. The van der Waals surface area contributed by atoms with E-state index >= 15 is 0 Å². The summed E-state index contributed by atoms with van der Waals surface area (Å²) < 4.78 is 20.4. The Bertz CT molecular complexity index is 570. The Labute approximate surface area is 129 Å². The zero-order chi connectivity index (χ0) is 15.8. The van der Waals surface area contributed by atoms with Crippen molar-refractivity contribution in [2.45, 2.75) is 32.4 Å². The van der Waals surface area contributed by atoms with Gasteiger partial charge in [-0.3, -0.25) is 4.79 Å². The number of hydrogen-bond donors (Lipinski definition) is 1. The predicted octanol–water partition coefficient (Wildman–Crippen LogP) is 2.39. The van der Waals surface area contributed by atoms with Crippen LogP contribution < -0.4 is 10.1 Å². The van der Waals surface area contributed by atoms with E-state index in [1.807, 2.05) is 17.7 Å². The summed E-state index contributed by atoms with van der Waals surface area (Å²) in [6.45, 7) is 3.25. The highest BCUT2D eigenvalue weighted by Gasteiger charge is 2.17. The molecule has 118 valence electrons. The molecule has 1 heterocycles. The fourth-order valence-electron chi connectivity index (χ4n) is 2.01. The van der Waals surface area contributed by atoms with Crippen LogP contribution >= 0.6 is 0 Å². The van der Waals surface area contributed by atoms with Crippen LogP contribution in [-0.4, -0.2) is 28.1 Å². The van der Waals surface area contributed by atoms with Crippen LogP contribution in [0.5, 0.6) is 5.75 Å². The van der Waals surface area contributed by atoms with E-state index in [0.29, 0.717) is 18.7 Å². The topological polar surface area (TPSA) is 56.1 Å². The number of imidazole rings is 1. The van der Waals surface area contributed by atoms with Crippen molar-refractivity contribution in [3.05, 3.63) is 48.8 Å². The molecule has 5 nitrogen and oxygen atoms in total. The van der Waals surface area contributed by atoms with Gasteiger partial charge < -0.3 is 14.6 Å². The largest absolute Gasteiger partial charge is 0.481 e. The summed E-state index contributed by atoms with van der Waals surface area (Å²) in [5, 5.41) is 2.86. The highest BCUT2D eigenvalue weighted by Crippen LogP contribution is 2.14. The van der Waals surface area contributed by atoms with E-state index in [1.54, 1.807) is 12.5 Å². The average Bonchev–Trinajstić information content (AvgIpc) is 3.04. The smallest absolute Gasteiger partial charge is 0.261 e. The number of nitrogens with one attached hydrogen (secondary N) is 1. The third kappa shape index (κ3) is 4.87. The van der Waals surface area contributed by atoms with E-state index in [2.05, 4.69) is 10.3 Å². The first-order valence-corrected chi connectivity index (χ1v) is 7.34. The summed E-state index contributed by atoms with van der Waals surface area (Å²) in [5.41, 5.74) is 0. The first-order valence-electron chi connectivity index (χ1n) is 7.34. The molecule has 0 bridgehead atoms. The summed E-state index contributed by atoms with van der Waals surface area (Å²) in [7, 11) is 0. The molecule has 1 aromatic heterocycles. The molecule has 1 atom stereocenters. The molecule has 0 aliphatic rings. The minimum atomic E-state index is -0.571. The van der Waals surface area contributed by atoms with E-state index < -0.39 is 6.10 Å². The van der Waals surface area contributed by atoms with Crippen molar-refractivity contribution >= 4 is 5.91 Å². The molecule has 0 saturated carbocycles. The van der Waals surface area contributed by atoms with E-state index in [4.69, 9.17) is 4.74 Å². The second-order valence-corrected chi connectivity index (χ2v) is 4.91. The van der Waals surface area contributed by atoms with E-state index in [0.717, 1.165) is 13.0 Å². The van der Waals surface area contributed by atoms with Gasteiger partial charge in [-0.15, -0.1) is 0 Å².